The van der Waals surface area contributed by atoms with Gasteiger partial charge < -0.3 is 10.1 Å². The summed E-state index contributed by atoms with van der Waals surface area (Å²) in [6.07, 6.45) is 0. The number of sulfonamides is 1. The molecule has 1 saturated heterocycles. The van der Waals surface area contributed by atoms with Crippen LogP contribution in [0.25, 0.3) is 10.9 Å². The first kappa shape index (κ1) is 21.0. The Morgan fingerprint density at radius 1 is 1.10 bits per heavy atom. The number of thioether (sulfide) groups is 1. The van der Waals surface area contributed by atoms with E-state index in [1.54, 1.807) is 18.2 Å². The smallest absolute Gasteiger partial charge is 0.243 e. The van der Waals surface area contributed by atoms with Crippen molar-refractivity contribution in [1.29, 1.82) is 0 Å². The molecule has 0 unspecified atom stereocenters. The Kier molecular flexibility index (Phi) is 6.52. The molecule has 158 valence electrons. The first-order valence-electron chi connectivity index (χ1n) is 9.88. The molecule has 1 aromatic heterocycles. The highest BCUT2D eigenvalue weighted by atomic mass is 32.2. The molecule has 30 heavy (non-hydrogen) atoms. The average molecular weight is 445 g/mol. The lowest BCUT2D eigenvalue weighted by Crippen LogP contribution is -2.40. The van der Waals surface area contributed by atoms with E-state index in [1.165, 1.54) is 16.1 Å². The predicted molar refractivity (Wildman–Crippen MR) is 119 cm³/mol. The third-order valence-electron chi connectivity index (χ3n) is 4.80. The lowest BCUT2D eigenvalue weighted by atomic mass is 10.2. The molecule has 9 heteroatoms. The molecule has 3 aromatic rings. The van der Waals surface area contributed by atoms with Crippen LogP contribution < -0.4 is 5.32 Å². The summed E-state index contributed by atoms with van der Waals surface area (Å²) in [4.78, 5) is 9.62. The van der Waals surface area contributed by atoms with Crippen LogP contribution >= 0.6 is 11.8 Å². The molecular formula is C21H24N4O3S2. The molecule has 2 heterocycles. The van der Waals surface area contributed by atoms with Crippen molar-refractivity contribution in [2.75, 3.05) is 38.2 Å². The van der Waals surface area contributed by atoms with Crippen LogP contribution in [0.5, 0.6) is 0 Å². The standard InChI is InChI=1S/C21H24N4O3S2/c1-2-22-20-18-8-3-4-9-19(18)23-21(24-20)29-15-16-6-5-7-17(14-16)30(26,27)25-10-12-28-13-11-25/h3-9,14H,2,10-13,15H2,1H3,(H,22,23,24). The van der Waals surface area contributed by atoms with Crippen LogP contribution in [0.2, 0.25) is 0 Å². The van der Waals surface area contributed by atoms with Gasteiger partial charge in [0.1, 0.15) is 5.82 Å². The lowest BCUT2D eigenvalue weighted by Gasteiger charge is -2.26. The first-order chi connectivity index (χ1) is 14.6. The van der Waals surface area contributed by atoms with E-state index >= 15 is 0 Å². The third-order valence-corrected chi connectivity index (χ3v) is 7.61. The number of fused-ring (bicyclic) bond motifs is 1. The van der Waals surface area contributed by atoms with Crippen LogP contribution in [-0.4, -0.2) is 55.5 Å². The maximum Gasteiger partial charge on any atom is 0.243 e. The number of nitrogens with one attached hydrogen (secondary N) is 1. The number of hydrogen-bond acceptors (Lipinski definition) is 7. The molecule has 0 radical (unpaired) electrons. The van der Waals surface area contributed by atoms with Crippen LogP contribution in [0.1, 0.15) is 12.5 Å². The van der Waals surface area contributed by atoms with Crippen LogP contribution in [0.15, 0.2) is 58.6 Å². The average Bonchev–Trinajstić information content (AvgIpc) is 2.79. The van der Waals surface area contributed by atoms with Crippen molar-refractivity contribution in [2.24, 2.45) is 0 Å². The van der Waals surface area contributed by atoms with E-state index in [-0.39, 0.29) is 0 Å². The molecule has 0 saturated carbocycles. The van der Waals surface area contributed by atoms with E-state index in [2.05, 4.69) is 15.3 Å². The van der Waals surface area contributed by atoms with Crippen LogP contribution in [-0.2, 0) is 20.5 Å². The van der Waals surface area contributed by atoms with Crippen LogP contribution in [0, 0.1) is 0 Å². The van der Waals surface area contributed by atoms with Gasteiger partial charge in [0.25, 0.3) is 0 Å². The van der Waals surface area contributed by atoms with Gasteiger partial charge >= 0.3 is 0 Å². The predicted octanol–water partition coefficient (Wildman–Crippen LogP) is 3.37. The monoisotopic (exact) mass is 444 g/mol. The van der Waals surface area contributed by atoms with Gasteiger partial charge in [0.05, 0.1) is 23.6 Å². The number of para-hydroxylation sites is 1. The summed E-state index contributed by atoms with van der Waals surface area (Å²) >= 11 is 1.49. The number of morpholine rings is 1. The third kappa shape index (κ3) is 4.59. The highest BCUT2D eigenvalue weighted by Crippen LogP contribution is 2.27. The van der Waals surface area contributed by atoms with E-state index < -0.39 is 10.0 Å². The Balaban J connectivity index is 1.54. The Morgan fingerprint density at radius 2 is 1.90 bits per heavy atom. The van der Waals surface area contributed by atoms with Crippen molar-refractivity contribution in [1.82, 2.24) is 14.3 Å². The molecule has 0 aliphatic carbocycles. The van der Waals surface area contributed by atoms with E-state index in [4.69, 9.17) is 4.74 Å². The zero-order valence-corrected chi connectivity index (χ0v) is 18.4. The normalized spacial score (nSPS) is 15.4. The van der Waals surface area contributed by atoms with E-state index in [0.717, 1.165) is 28.8 Å². The summed E-state index contributed by atoms with van der Waals surface area (Å²) in [5, 5.41) is 4.94. The van der Waals surface area contributed by atoms with Gasteiger partial charge in [-0.2, -0.15) is 4.31 Å². The van der Waals surface area contributed by atoms with E-state index in [9.17, 15) is 8.42 Å². The van der Waals surface area contributed by atoms with E-state index in [1.807, 2.05) is 37.3 Å². The SMILES string of the molecule is CCNc1nc(SCc2cccc(S(=O)(=O)N3CCOCC3)c2)nc2ccccc12. The van der Waals surface area contributed by atoms with Gasteiger partial charge in [0, 0.05) is 30.8 Å². The van der Waals surface area contributed by atoms with Crippen molar-refractivity contribution in [3.05, 3.63) is 54.1 Å². The van der Waals surface area contributed by atoms with Crippen LogP contribution in [0.3, 0.4) is 0 Å². The number of ether oxygens (including phenoxy) is 1. The van der Waals surface area contributed by atoms with Crippen molar-refractivity contribution in [3.8, 4) is 0 Å². The minimum atomic E-state index is -3.51. The van der Waals surface area contributed by atoms with Gasteiger partial charge in [-0.15, -0.1) is 0 Å². The molecule has 2 aromatic carbocycles. The maximum absolute atomic E-state index is 12.9. The highest BCUT2D eigenvalue weighted by Gasteiger charge is 2.26. The Labute approximate surface area is 180 Å². The molecule has 1 aliphatic rings. The molecule has 7 nitrogen and oxygen atoms in total. The van der Waals surface area contributed by atoms with Gasteiger partial charge in [-0.25, -0.2) is 18.4 Å². The summed E-state index contributed by atoms with van der Waals surface area (Å²) in [5.74, 6) is 1.39. The van der Waals surface area contributed by atoms with Gasteiger partial charge in [0.2, 0.25) is 10.0 Å². The number of benzene rings is 2. The van der Waals surface area contributed by atoms with Crippen LogP contribution in [0.4, 0.5) is 5.82 Å². The molecule has 1 N–H and O–H groups in total. The first-order valence-corrected chi connectivity index (χ1v) is 12.3. The molecule has 1 fully saturated rings. The van der Waals surface area contributed by atoms with Gasteiger partial charge in [-0.05, 0) is 36.8 Å². The van der Waals surface area contributed by atoms with Crippen molar-refractivity contribution >= 4 is 38.5 Å². The second kappa shape index (κ2) is 9.30. The minimum Gasteiger partial charge on any atom is -0.379 e. The molecule has 0 atom stereocenters. The summed E-state index contributed by atoms with van der Waals surface area (Å²) in [5.41, 5.74) is 1.80. The molecule has 0 bridgehead atoms. The lowest BCUT2D eigenvalue weighted by molar-refractivity contribution is 0.0730. The number of aromatic nitrogens is 2. The molecular weight excluding hydrogens is 420 g/mol. The zero-order chi connectivity index (χ0) is 21.0. The number of hydrogen-bond donors (Lipinski definition) is 1. The van der Waals surface area contributed by atoms with Crippen molar-refractivity contribution < 1.29 is 13.2 Å². The Hall–Kier alpha value is -2.20. The fourth-order valence-corrected chi connectivity index (χ4v) is 5.57. The maximum atomic E-state index is 12.9. The Bertz CT molecular complexity index is 1130. The summed E-state index contributed by atoms with van der Waals surface area (Å²) < 4.78 is 32.6. The summed E-state index contributed by atoms with van der Waals surface area (Å²) in [6.45, 7) is 4.44. The number of rotatable bonds is 7. The number of nitrogens with zero attached hydrogens (tertiary/aromatic N) is 3. The molecule has 0 amide bonds. The zero-order valence-electron chi connectivity index (χ0n) is 16.7. The largest absolute Gasteiger partial charge is 0.379 e. The van der Waals surface area contributed by atoms with Gasteiger partial charge in [-0.3, -0.25) is 0 Å². The summed E-state index contributed by atoms with van der Waals surface area (Å²) in [7, 11) is -3.51. The second-order valence-electron chi connectivity index (χ2n) is 6.85. The minimum absolute atomic E-state index is 0.315. The molecule has 0 spiro atoms. The fourth-order valence-electron chi connectivity index (χ4n) is 3.30. The Morgan fingerprint density at radius 3 is 2.70 bits per heavy atom. The fraction of sp³-hybridized carbons (Fsp3) is 0.333. The van der Waals surface area contributed by atoms with Gasteiger partial charge in [-0.1, -0.05) is 36.0 Å². The summed E-state index contributed by atoms with van der Waals surface area (Å²) in [6, 6.07) is 15.0. The quantitative estimate of drug-likeness (QED) is 0.442. The highest BCUT2D eigenvalue weighted by molar-refractivity contribution is 7.98. The molecule has 4 rings (SSSR count). The number of anilines is 1. The topological polar surface area (TPSA) is 84.4 Å². The van der Waals surface area contributed by atoms with Crippen molar-refractivity contribution in [3.63, 3.8) is 0 Å². The second-order valence-corrected chi connectivity index (χ2v) is 9.74. The molecule has 1 aliphatic heterocycles. The van der Waals surface area contributed by atoms with Crippen molar-refractivity contribution in [2.45, 2.75) is 22.7 Å². The van der Waals surface area contributed by atoms with Gasteiger partial charge in [0.15, 0.2) is 5.16 Å². The van der Waals surface area contributed by atoms with E-state index in [0.29, 0.717) is 42.1 Å².